The van der Waals surface area contributed by atoms with Crippen molar-refractivity contribution in [2.75, 3.05) is 6.54 Å². The largest absolute Gasteiger partial charge is 0.393 e. The van der Waals surface area contributed by atoms with Gasteiger partial charge >= 0.3 is 0 Å². The van der Waals surface area contributed by atoms with E-state index >= 15 is 0 Å². The summed E-state index contributed by atoms with van der Waals surface area (Å²) in [5.74, 6) is 0.658. The van der Waals surface area contributed by atoms with Crippen LogP contribution in [0.3, 0.4) is 0 Å². The molecule has 2 aliphatic carbocycles. The molecule has 29 heavy (non-hydrogen) atoms. The van der Waals surface area contributed by atoms with Gasteiger partial charge in [0.15, 0.2) is 0 Å². The Morgan fingerprint density at radius 3 is 2.55 bits per heavy atom. The van der Waals surface area contributed by atoms with Crippen LogP contribution in [0.4, 0.5) is 4.39 Å². The Morgan fingerprint density at radius 1 is 1.07 bits per heavy atom. The van der Waals surface area contributed by atoms with Gasteiger partial charge < -0.3 is 20.9 Å². The third kappa shape index (κ3) is 5.01. The molecule has 162 valence electrons. The molecule has 0 amide bonds. The number of alkyl halides is 1. The van der Waals surface area contributed by atoms with E-state index in [1.165, 1.54) is 5.56 Å². The number of fused-ring (bicyclic) bond motifs is 1. The van der Waals surface area contributed by atoms with Crippen LogP contribution in [0.25, 0.3) is 0 Å². The minimum Gasteiger partial charge on any atom is -0.393 e. The van der Waals surface area contributed by atoms with Gasteiger partial charge in [-0.3, -0.25) is 0 Å². The van der Waals surface area contributed by atoms with Crippen LogP contribution in [-0.4, -0.2) is 42.1 Å². The highest BCUT2D eigenvalue weighted by molar-refractivity contribution is 5.13. The summed E-state index contributed by atoms with van der Waals surface area (Å²) in [4.78, 5) is 0. The highest BCUT2D eigenvalue weighted by atomic mass is 19.1. The van der Waals surface area contributed by atoms with Gasteiger partial charge in [0.25, 0.3) is 0 Å². The molecular formula is C24H37FN2O2. The summed E-state index contributed by atoms with van der Waals surface area (Å²) in [5, 5.41) is 14.5. The zero-order valence-corrected chi connectivity index (χ0v) is 17.4. The van der Waals surface area contributed by atoms with Crippen molar-refractivity contribution >= 4 is 0 Å². The Bertz CT molecular complexity index is 623. The van der Waals surface area contributed by atoms with Crippen LogP contribution in [0.2, 0.25) is 0 Å². The molecule has 1 saturated heterocycles. The van der Waals surface area contributed by atoms with E-state index < -0.39 is 6.17 Å². The first-order valence-corrected chi connectivity index (χ1v) is 11.6. The molecule has 1 aromatic rings. The second-order valence-electron chi connectivity index (χ2n) is 9.44. The fourth-order valence-electron chi connectivity index (χ4n) is 6.08. The minimum absolute atomic E-state index is 0.0255. The van der Waals surface area contributed by atoms with Crippen LogP contribution in [-0.2, 0) is 11.3 Å². The number of hydrogen-bond donors (Lipinski definition) is 3. The molecule has 6 unspecified atom stereocenters. The average Bonchev–Trinajstić information content (AvgIpc) is 3.12. The predicted molar refractivity (Wildman–Crippen MR) is 113 cm³/mol. The normalized spacial score (nSPS) is 38.5. The number of aliphatic hydroxyl groups is 1. The monoisotopic (exact) mass is 404 g/mol. The molecule has 1 heterocycles. The molecule has 1 aliphatic heterocycles. The van der Waals surface area contributed by atoms with E-state index in [9.17, 15) is 9.50 Å². The summed E-state index contributed by atoms with van der Waals surface area (Å²) in [6.07, 6.45) is 6.47. The van der Waals surface area contributed by atoms with E-state index in [1.54, 1.807) is 0 Å². The maximum absolute atomic E-state index is 14.7. The quantitative estimate of drug-likeness (QED) is 0.650. The number of nitrogens with two attached hydrogens (primary N) is 1. The molecule has 3 aliphatic rings. The lowest BCUT2D eigenvalue weighted by molar-refractivity contribution is -0.0183. The van der Waals surface area contributed by atoms with E-state index in [4.69, 9.17) is 10.5 Å². The first-order chi connectivity index (χ1) is 14.2. The standard InChI is InChI=1S/C24H37FN2O2/c25-20-8-4-7-19-22(14-26)27-21(24(19)20)13-23(28)17-9-11-18(12-10-17)29-15-16-5-2-1-3-6-16/h1-3,5-6,17-24,27-28H,4,7-15,26H2/t17-,18-,19?,20?,21?,22?,23?,24?. The number of rotatable bonds is 7. The summed E-state index contributed by atoms with van der Waals surface area (Å²) in [7, 11) is 0. The lowest BCUT2D eigenvalue weighted by Crippen LogP contribution is -2.41. The molecule has 4 nitrogen and oxygen atoms in total. The van der Waals surface area contributed by atoms with Crippen molar-refractivity contribution in [2.24, 2.45) is 23.5 Å². The molecule has 0 bridgehead atoms. The topological polar surface area (TPSA) is 67.5 Å². The van der Waals surface area contributed by atoms with Crippen LogP contribution in [0, 0.1) is 17.8 Å². The van der Waals surface area contributed by atoms with E-state index in [-0.39, 0.29) is 30.2 Å². The number of aliphatic hydroxyl groups excluding tert-OH is 1. The highest BCUT2D eigenvalue weighted by Gasteiger charge is 2.48. The predicted octanol–water partition coefficient (Wildman–Crippen LogP) is 3.57. The lowest BCUT2D eigenvalue weighted by atomic mass is 9.72. The van der Waals surface area contributed by atoms with Crippen LogP contribution >= 0.6 is 0 Å². The van der Waals surface area contributed by atoms with Crippen molar-refractivity contribution in [1.82, 2.24) is 5.32 Å². The second kappa shape index (κ2) is 9.86. The maximum atomic E-state index is 14.7. The lowest BCUT2D eigenvalue weighted by Gasteiger charge is -2.36. The number of nitrogens with one attached hydrogen (secondary N) is 1. The second-order valence-corrected chi connectivity index (χ2v) is 9.44. The first-order valence-electron chi connectivity index (χ1n) is 11.6. The summed E-state index contributed by atoms with van der Waals surface area (Å²) in [5.41, 5.74) is 7.15. The Morgan fingerprint density at radius 2 is 1.83 bits per heavy atom. The van der Waals surface area contributed by atoms with Gasteiger partial charge in [-0.1, -0.05) is 36.8 Å². The third-order valence-corrected chi connectivity index (χ3v) is 7.68. The molecule has 4 rings (SSSR count). The summed E-state index contributed by atoms with van der Waals surface area (Å²) >= 11 is 0. The Kier molecular flexibility index (Phi) is 7.22. The fraction of sp³-hybridized carbons (Fsp3) is 0.750. The smallest absolute Gasteiger partial charge is 0.105 e. The average molecular weight is 405 g/mol. The molecule has 0 spiro atoms. The SMILES string of the molecule is NCC1NC(CC(O)[C@H]2CC[C@H](OCc3ccccc3)CC2)C2C(F)CCCC12. The van der Waals surface area contributed by atoms with E-state index in [0.29, 0.717) is 37.8 Å². The van der Waals surface area contributed by atoms with E-state index in [1.807, 2.05) is 18.2 Å². The van der Waals surface area contributed by atoms with Gasteiger partial charge in [0.2, 0.25) is 0 Å². The number of halogens is 1. The molecule has 0 aromatic heterocycles. The Balaban J connectivity index is 1.25. The number of hydrogen-bond acceptors (Lipinski definition) is 4. The molecular weight excluding hydrogens is 367 g/mol. The minimum atomic E-state index is -0.753. The van der Waals surface area contributed by atoms with Crippen molar-refractivity contribution in [3.8, 4) is 0 Å². The van der Waals surface area contributed by atoms with Crippen molar-refractivity contribution in [2.45, 2.75) is 88.4 Å². The first kappa shape index (κ1) is 21.2. The van der Waals surface area contributed by atoms with Gasteiger partial charge in [0.05, 0.1) is 18.8 Å². The molecule has 4 N–H and O–H groups in total. The van der Waals surface area contributed by atoms with Crippen LogP contribution in [0.1, 0.15) is 56.9 Å². The van der Waals surface area contributed by atoms with Crippen molar-refractivity contribution in [3.63, 3.8) is 0 Å². The zero-order chi connectivity index (χ0) is 20.2. The van der Waals surface area contributed by atoms with Gasteiger partial charge in [-0.05, 0) is 62.3 Å². The van der Waals surface area contributed by atoms with Gasteiger partial charge in [0, 0.05) is 24.5 Å². The number of ether oxygens (including phenoxy) is 1. The van der Waals surface area contributed by atoms with Gasteiger partial charge in [-0.25, -0.2) is 4.39 Å². The van der Waals surface area contributed by atoms with Gasteiger partial charge in [-0.2, -0.15) is 0 Å². The van der Waals surface area contributed by atoms with Gasteiger partial charge in [-0.15, -0.1) is 0 Å². The summed E-state index contributed by atoms with van der Waals surface area (Å²) in [6.45, 7) is 1.22. The molecule has 5 heteroatoms. The summed E-state index contributed by atoms with van der Waals surface area (Å²) in [6, 6.07) is 10.5. The molecule has 2 saturated carbocycles. The number of benzene rings is 1. The van der Waals surface area contributed by atoms with Crippen LogP contribution in [0.5, 0.6) is 0 Å². The van der Waals surface area contributed by atoms with E-state index in [2.05, 4.69) is 17.4 Å². The zero-order valence-electron chi connectivity index (χ0n) is 17.4. The molecule has 0 radical (unpaired) electrons. The highest BCUT2D eigenvalue weighted by Crippen LogP contribution is 2.43. The van der Waals surface area contributed by atoms with Crippen molar-refractivity contribution in [1.29, 1.82) is 0 Å². The molecule has 3 fully saturated rings. The maximum Gasteiger partial charge on any atom is 0.105 e. The summed E-state index contributed by atoms with van der Waals surface area (Å²) < 4.78 is 20.8. The van der Waals surface area contributed by atoms with Gasteiger partial charge in [0.1, 0.15) is 6.17 Å². The van der Waals surface area contributed by atoms with Crippen molar-refractivity contribution in [3.05, 3.63) is 35.9 Å². The fourth-order valence-corrected chi connectivity index (χ4v) is 6.08. The molecule has 6 atom stereocenters. The van der Waals surface area contributed by atoms with Crippen molar-refractivity contribution < 1.29 is 14.2 Å². The Labute approximate surface area is 174 Å². The Hall–Kier alpha value is -1.01. The van der Waals surface area contributed by atoms with E-state index in [0.717, 1.165) is 38.5 Å². The third-order valence-electron chi connectivity index (χ3n) is 7.68. The molecule has 1 aromatic carbocycles. The van der Waals surface area contributed by atoms with Crippen LogP contribution in [0.15, 0.2) is 30.3 Å². The van der Waals surface area contributed by atoms with Crippen LogP contribution < -0.4 is 11.1 Å².